The second kappa shape index (κ2) is 10.4. The third-order valence-electron chi connectivity index (χ3n) is 3.66. The number of carbonyl (C=O) groups is 2. The van der Waals surface area contributed by atoms with Gasteiger partial charge in [-0.15, -0.1) is 0 Å². The molecule has 2 aromatic rings. The molecule has 0 radical (unpaired) electrons. The predicted molar refractivity (Wildman–Crippen MR) is 103 cm³/mol. The Kier molecular flexibility index (Phi) is 7.62. The lowest BCUT2D eigenvalue weighted by Gasteiger charge is -2.11. The van der Waals surface area contributed by atoms with E-state index in [2.05, 4.69) is 4.74 Å². The van der Waals surface area contributed by atoms with E-state index >= 15 is 0 Å². The minimum Gasteiger partial charge on any atom is -0.497 e. The van der Waals surface area contributed by atoms with Gasteiger partial charge in [-0.25, -0.2) is 9.59 Å². The SMILES string of the molecule is COC(=O)/C(C#N)=C/c1ccc(OC(=O)COc2ccc(OC)cc2)c(OC)c1. The van der Waals surface area contributed by atoms with Gasteiger partial charge in [-0.3, -0.25) is 0 Å². The molecule has 0 unspecified atom stereocenters. The molecule has 0 aliphatic carbocycles. The Hall–Kier alpha value is -3.99. The number of hydrogen-bond acceptors (Lipinski definition) is 8. The highest BCUT2D eigenvalue weighted by Crippen LogP contribution is 2.29. The van der Waals surface area contributed by atoms with Crippen LogP contribution in [0.3, 0.4) is 0 Å². The molecule has 2 rings (SSSR count). The largest absolute Gasteiger partial charge is 0.497 e. The molecule has 0 aliphatic heterocycles. The Morgan fingerprint density at radius 1 is 0.966 bits per heavy atom. The lowest BCUT2D eigenvalue weighted by molar-refractivity contribution is -0.137. The second-order valence-electron chi connectivity index (χ2n) is 5.51. The number of carbonyl (C=O) groups excluding carboxylic acids is 2. The van der Waals surface area contributed by atoms with Crippen molar-refractivity contribution < 1.29 is 33.3 Å². The van der Waals surface area contributed by atoms with Crippen molar-refractivity contribution in [1.29, 1.82) is 5.26 Å². The topological polar surface area (TPSA) is 104 Å². The van der Waals surface area contributed by atoms with Crippen LogP contribution in [0.4, 0.5) is 0 Å². The van der Waals surface area contributed by atoms with Gasteiger partial charge in [0.2, 0.25) is 0 Å². The molecule has 0 aromatic heterocycles. The molecular weight excluding hydrogens is 378 g/mol. The summed E-state index contributed by atoms with van der Waals surface area (Å²) in [5.74, 6) is 0.197. The van der Waals surface area contributed by atoms with Crippen LogP contribution in [0.15, 0.2) is 48.0 Å². The summed E-state index contributed by atoms with van der Waals surface area (Å²) in [6.45, 7) is -0.307. The summed E-state index contributed by atoms with van der Waals surface area (Å²) >= 11 is 0. The predicted octanol–water partition coefficient (Wildman–Crippen LogP) is 2.77. The van der Waals surface area contributed by atoms with Crippen LogP contribution < -0.4 is 18.9 Å². The van der Waals surface area contributed by atoms with E-state index in [-0.39, 0.29) is 23.7 Å². The Morgan fingerprint density at radius 2 is 1.66 bits per heavy atom. The first-order valence-corrected chi connectivity index (χ1v) is 8.36. The fourth-order valence-corrected chi connectivity index (χ4v) is 2.24. The minimum atomic E-state index is -0.752. The van der Waals surface area contributed by atoms with E-state index in [1.165, 1.54) is 32.4 Å². The second-order valence-corrected chi connectivity index (χ2v) is 5.51. The quantitative estimate of drug-likeness (QED) is 0.290. The maximum atomic E-state index is 12.1. The third kappa shape index (κ3) is 6.01. The fourth-order valence-electron chi connectivity index (χ4n) is 2.24. The summed E-state index contributed by atoms with van der Waals surface area (Å²) in [6.07, 6.45) is 1.34. The van der Waals surface area contributed by atoms with Crippen molar-refractivity contribution in [3.8, 4) is 29.1 Å². The van der Waals surface area contributed by atoms with Gasteiger partial charge in [0, 0.05) is 0 Å². The van der Waals surface area contributed by atoms with Crippen molar-refractivity contribution in [3.05, 3.63) is 53.6 Å². The molecule has 0 heterocycles. The fraction of sp³-hybridized carbons (Fsp3) is 0.190. The Balaban J connectivity index is 2.06. The van der Waals surface area contributed by atoms with Crippen LogP contribution in [0, 0.1) is 11.3 Å². The zero-order valence-electron chi connectivity index (χ0n) is 16.1. The smallest absolute Gasteiger partial charge is 0.349 e. The first-order valence-electron chi connectivity index (χ1n) is 8.36. The molecule has 150 valence electrons. The first kappa shape index (κ1) is 21.3. The number of rotatable bonds is 8. The molecule has 0 saturated heterocycles. The van der Waals surface area contributed by atoms with Crippen molar-refractivity contribution in [2.75, 3.05) is 27.9 Å². The van der Waals surface area contributed by atoms with Crippen molar-refractivity contribution >= 4 is 18.0 Å². The number of nitrogens with zero attached hydrogens (tertiary/aromatic N) is 1. The van der Waals surface area contributed by atoms with Crippen LogP contribution >= 0.6 is 0 Å². The molecular formula is C21H19NO7. The average Bonchev–Trinajstić information content (AvgIpc) is 2.76. The highest BCUT2D eigenvalue weighted by molar-refractivity contribution is 5.97. The summed E-state index contributed by atoms with van der Waals surface area (Å²) in [5, 5.41) is 9.03. The van der Waals surface area contributed by atoms with E-state index in [0.29, 0.717) is 17.1 Å². The number of nitriles is 1. The maximum absolute atomic E-state index is 12.1. The zero-order valence-corrected chi connectivity index (χ0v) is 16.1. The molecule has 8 heteroatoms. The van der Waals surface area contributed by atoms with Gasteiger partial charge in [0.1, 0.15) is 23.1 Å². The normalized spacial score (nSPS) is 10.5. The Labute approximate surface area is 167 Å². The number of ether oxygens (including phenoxy) is 5. The molecule has 0 atom stereocenters. The Bertz CT molecular complexity index is 942. The number of benzene rings is 2. The molecule has 2 aromatic carbocycles. The van der Waals surface area contributed by atoms with Crippen LogP contribution in [0.5, 0.6) is 23.0 Å². The van der Waals surface area contributed by atoms with E-state index in [1.54, 1.807) is 43.5 Å². The van der Waals surface area contributed by atoms with Crippen molar-refractivity contribution in [2.24, 2.45) is 0 Å². The molecule has 0 N–H and O–H groups in total. The van der Waals surface area contributed by atoms with Gasteiger partial charge in [-0.2, -0.15) is 5.26 Å². The van der Waals surface area contributed by atoms with Crippen LogP contribution in [0.1, 0.15) is 5.56 Å². The van der Waals surface area contributed by atoms with Crippen LogP contribution in [0.25, 0.3) is 6.08 Å². The van der Waals surface area contributed by atoms with Gasteiger partial charge in [0.25, 0.3) is 0 Å². The highest BCUT2D eigenvalue weighted by Gasteiger charge is 2.13. The summed E-state index contributed by atoms with van der Waals surface area (Å²) in [6, 6.07) is 13.1. The van der Waals surface area contributed by atoms with E-state index in [4.69, 9.17) is 24.2 Å². The van der Waals surface area contributed by atoms with Crippen LogP contribution in [-0.2, 0) is 14.3 Å². The van der Waals surface area contributed by atoms with Crippen LogP contribution in [-0.4, -0.2) is 39.9 Å². The van der Waals surface area contributed by atoms with Crippen molar-refractivity contribution in [2.45, 2.75) is 0 Å². The van der Waals surface area contributed by atoms with E-state index in [9.17, 15) is 9.59 Å². The zero-order chi connectivity index (χ0) is 21.2. The lowest BCUT2D eigenvalue weighted by atomic mass is 10.1. The van der Waals surface area contributed by atoms with Gasteiger partial charge >= 0.3 is 11.9 Å². The van der Waals surface area contributed by atoms with Crippen molar-refractivity contribution in [1.82, 2.24) is 0 Å². The molecule has 0 saturated carbocycles. The maximum Gasteiger partial charge on any atom is 0.349 e. The molecule has 0 fully saturated rings. The number of hydrogen-bond donors (Lipinski definition) is 0. The molecule has 8 nitrogen and oxygen atoms in total. The van der Waals surface area contributed by atoms with Gasteiger partial charge in [-0.05, 0) is 48.0 Å². The molecule has 29 heavy (non-hydrogen) atoms. The van der Waals surface area contributed by atoms with Crippen molar-refractivity contribution in [3.63, 3.8) is 0 Å². The van der Waals surface area contributed by atoms with Gasteiger partial charge in [0.15, 0.2) is 18.1 Å². The Morgan fingerprint density at radius 3 is 2.24 bits per heavy atom. The summed E-state index contributed by atoms with van der Waals surface area (Å²) in [7, 11) is 4.14. The molecule has 0 amide bonds. The molecule has 0 aliphatic rings. The minimum absolute atomic E-state index is 0.171. The number of methoxy groups -OCH3 is 3. The lowest BCUT2D eigenvalue weighted by Crippen LogP contribution is -2.18. The average molecular weight is 397 g/mol. The summed E-state index contributed by atoms with van der Waals surface area (Å²) in [4.78, 5) is 23.6. The monoisotopic (exact) mass is 397 g/mol. The number of esters is 2. The van der Waals surface area contributed by atoms with Gasteiger partial charge in [0.05, 0.1) is 21.3 Å². The van der Waals surface area contributed by atoms with E-state index in [0.717, 1.165) is 0 Å². The standard InChI is InChI=1S/C21H19NO7/c1-25-16-5-7-17(8-6-16)28-13-20(23)29-18-9-4-14(11-19(18)26-2)10-15(12-22)21(24)27-3/h4-11H,13H2,1-3H3/b15-10+. The first-order chi connectivity index (χ1) is 14.0. The van der Waals surface area contributed by atoms with E-state index < -0.39 is 11.9 Å². The van der Waals surface area contributed by atoms with Crippen LogP contribution in [0.2, 0.25) is 0 Å². The van der Waals surface area contributed by atoms with E-state index in [1.807, 2.05) is 0 Å². The van der Waals surface area contributed by atoms with Gasteiger partial charge < -0.3 is 23.7 Å². The third-order valence-corrected chi connectivity index (χ3v) is 3.66. The van der Waals surface area contributed by atoms with Gasteiger partial charge in [-0.1, -0.05) is 6.07 Å². The summed E-state index contributed by atoms with van der Waals surface area (Å²) < 4.78 is 25.4. The molecule has 0 spiro atoms. The molecule has 0 bridgehead atoms. The summed E-state index contributed by atoms with van der Waals surface area (Å²) in [5.41, 5.74) is 0.324. The highest BCUT2D eigenvalue weighted by atomic mass is 16.6.